The van der Waals surface area contributed by atoms with Crippen LogP contribution in [0.25, 0.3) is 5.78 Å². The van der Waals surface area contributed by atoms with Gasteiger partial charge in [0, 0.05) is 12.4 Å². The monoisotopic (exact) mass is 291 g/mol. The predicted octanol–water partition coefficient (Wildman–Crippen LogP) is 2.17. The van der Waals surface area contributed by atoms with Crippen molar-refractivity contribution in [2.24, 2.45) is 0 Å². The predicted molar refractivity (Wildman–Crippen MR) is 70.1 cm³/mol. The minimum Gasteiger partial charge on any atom is -0.289 e. The minimum absolute atomic E-state index is 0.0180. The van der Waals surface area contributed by atoms with Gasteiger partial charge in [0.1, 0.15) is 5.82 Å². The molecule has 0 spiro atoms. The molecule has 100 valence electrons. The molecule has 8 heteroatoms. The van der Waals surface area contributed by atoms with Crippen molar-refractivity contribution in [3.05, 3.63) is 53.1 Å². The molecule has 0 aliphatic rings. The molecule has 0 bridgehead atoms. The van der Waals surface area contributed by atoms with Crippen LogP contribution in [-0.2, 0) is 0 Å². The smallest absolute Gasteiger partial charge is 0.262 e. The van der Waals surface area contributed by atoms with Gasteiger partial charge in [0.05, 0.1) is 10.6 Å². The molecule has 0 aliphatic heterocycles. The van der Waals surface area contributed by atoms with Crippen LogP contribution in [0.3, 0.4) is 0 Å². The van der Waals surface area contributed by atoms with Crippen LogP contribution in [0.2, 0.25) is 5.02 Å². The highest BCUT2D eigenvalue weighted by Gasteiger charge is 2.17. The van der Waals surface area contributed by atoms with Crippen LogP contribution in [0.15, 0.2) is 36.7 Å². The number of nitrogens with zero attached hydrogens (tertiary/aromatic N) is 4. The maximum Gasteiger partial charge on any atom is 0.262 e. The Balaban J connectivity index is 1.92. The molecule has 0 saturated heterocycles. The number of anilines is 1. The molecule has 1 aromatic carbocycles. The summed E-state index contributed by atoms with van der Waals surface area (Å²) in [6, 6.07) is 5.67. The van der Waals surface area contributed by atoms with E-state index in [4.69, 9.17) is 11.6 Å². The molecule has 0 aliphatic carbocycles. The van der Waals surface area contributed by atoms with E-state index in [1.54, 1.807) is 18.5 Å². The van der Waals surface area contributed by atoms with Crippen LogP contribution in [-0.4, -0.2) is 25.5 Å². The second kappa shape index (κ2) is 4.86. The average Bonchev–Trinajstić information content (AvgIpc) is 2.80. The molecule has 3 rings (SSSR count). The first-order valence-corrected chi connectivity index (χ1v) is 5.96. The van der Waals surface area contributed by atoms with E-state index < -0.39 is 11.7 Å². The molecule has 6 nitrogen and oxygen atoms in total. The molecule has 0 atom stereocenters. The summed E-state index contributed by atoms with van der Waals surface area (Å²) in [6.07, 6.45) is 3.17. The zero-order valence-corrected chi connectivity index (χ0v) is 10.7. The van der Waals surface area contributed by atoms with E-state index in [-0.39, 0.29) is 16.5 Å². The van der Waals surface area contributed by atoms with Crippen LogP contribution < -0.4 is 5.32 Å². The number of amides is 1. The van der Waals surface area contributed by atoms with E-state index in [0.717, 1.165) is 6.07 Å². The number of hydrogen-bond acceptors (Lipinski definition) is 4. The summed E-state index contributed by atoms with van der Waals surface area (Å²) in [5.41, 5.74) is -0.249. The Morgan fingerprint density at radius 1 is 1.35 bits per heavy atom. The Morgan fingerprint density at radius 3 is 2.95 bits per heavy atom. The van der Waals surface area contributed by atoms with Gasteiger partial charge < -0.3 is 0 Å². The zero-order valence-electron chi connectivity index (χ0n) is 9.92. The van der Waals surface area contributed by atoms with E-state index in [9.17, 15) is 9.18 Å². The lowest BCUT2D eigenvalue weighted by Gasteiger charge is -2.04. The molecule has 0 unspecified atom stereocenters. The van der Waals surface area contributed by atoms with Crippen LogP contribution >= 0.6 is 11.6 Å². The van der Waals surface area contributed by atoms with Crippen molar-refractivity contribution in [1.82, 2.24) is 19.6 Å². The topological polar surface area (TPSA) is 72.2 Å². The number of rotatable bonds is 2. The maximum absolute atomic E-state index is 13.6. The van der Waals surface area contributed by atoms with Gasteiger partial charge in [-0.1, -0.05) is 17.7 Å². The maximum atomic E-state index is 13.6. The second-order valence-electron chi connectivity index (χ2n) is 3.85. The van der Waals surface area contributed by atoms with Crippen LogP contribution in [0.5, 0.6) is 0 Å². The van der Waals surface area contributed by atoms with Gasteiger partial charge in [-0.15, -0.1) is 5.10 Å². The summed E-state index contributed by atoms with van der Waals surface area (Å²) in [4.78, 5) is 19.9. The molecule has 1 N–H and O–H groups in total. The Bertz CT molecular complexity index is 750. The molecule has 1 amide bonds. The van der Waals surface area contributed by atoms with Gasteiger partial charge in [0.15, 0.2) is 0 Å². The SMILES string of the molecule is O=C(Nc1nc2ncccn2n1)c1c(F)cccc1Cl. The standard InChI is InChI=1S/C12H7ClFN5O/c13-7-3-1-4-8(14)9(7)10(20)16-11-17-12-15-5-2-6-19(12)18-11/h1-6H,(H,16,18,20). The average molecular weight is 292 g/mol. The molecule has 20 heavy (non-hydrogen) atoms. The Hall–Kier alpha value is -2.54. The van der Waals surface area contributed by atoms with Crippen molar-refractivity contribution in [2.75, 3.05) is 5.32 Å². The van der Waals surface area contributed by atoms with Crippen molar-refractivity contribution in [2.45, 2.75) is 0 Å². The third-order valence-electron chi connectivity index (χ3n) is 2.53. The lowest BCUT2D eigenvalue weighted by molar-refractivity contribution is 0.102. The molecule has 2 aromatic heterocycles. The van der Waals surface area contributed by atoms with Gasteiger partial charge in [0.25, 0.3) is 17.6 Å². The first-order valence-electron chi connectivity index (χ1n) is 5.58. The van der Waals surface area contributed by atoms with Gasteiger partial charge in [-0.05, 0) is 18.2 Å². The lowest BCUT2D eigenvalue weighted by atomic mass is 10.2. The molecular weight excluding hydrogens is 285 g/mol. The summed E-state index contributed by atoms with van der Waals surface area (Å²) in [7, 11) is 0. The van der Waals surface area contributed by atoms with Crippen LogP contribution in [0, 0.1) is 5.82 Å². The van der Waals surface area contributed by atoms with Crippen LogP contribution in [0.1, 0.15) is 10.4 Å². The summed E-state index contributed by atoms with van der Waals surface area (Å²) in [5.74, 6) is -1.09. The van der Waals surface area contributed by atoms with Crippen molar-refractivity contribution < 1.29 is 9.18 Å². The third kappa shape index (κ3) is 2.19. The van der Waals surface area contributed by atoms with E-state index in [2.05, 4.69) is 20.4 Å². The Labute approximate surface area is 117 Å². The Kier molecular flexibility index (Phi) is 3.03. The molecule has 0 radical (unpaired) electrons. The van der Waals surface area contributed by atoms with Gasteiger partial charge >= 0.3 is 0 Å². The number of hydrogen-bond donors (Lipinski definition) is 1. The minimum atomic E-state index is -0.719. The number of halogens is 2. The van der Waals surface area contributed by atoms with Gasteiger partial charge in [-0.2, -0.15) is 4.98 Å². The number of aromatic nitrogens is 4. The largest absolute Gasteiger partial charge is 0.289 e. The van der Waals surface area contributed by atoms with Gasteiger partial charge in [-0.3, -0.25) is 10.1 Å². The highest BCUT2D eigenvalue weighted by atomic mass is 35.5. The quantitative estimate of drug-likeness (QED) is 0.785. The first kappa shape index (κ1) is 12.5. The van der Waals surface area contributed by atoms with Gasteiger partial charge in [0.2, 0.25) is 0 Å². The number of nitrogens with one attached hydrogen (secondary N) is 1. The lowest BCUT2D eigenvalue weighted by Crippen LogP contribution is -2.15. The molecule has 2 heterocycles. The zero-order chi connectivity index (χ0) is 14.1. The highest BCUT2D eigenvalue weighted by Crippen LogP contribution is 2.19. The van der Waals surface area contributed by atoms with Crippen molar-refractivity contribution in [1.29, 1.82) is 0 Å². The van der Waals surface area contributed by atoms with Crippen molar-refractivity contribution in [3.8, 4) is 0 Å². The normalized spacial score (nSPS) is 10.7. The van der Waals surface area contributed by atoms with Crippen molar-refractivity contribution >= 4 is 29.2 Å². The van der Waals surface area contributed by atoms with Crippen molar-refractivity contribution in [3.63, 3.8) is 0 Å². The number of benzene rings is 1. The van der Waals surface area contributed by atoms with E-state index in [1.807, 2.05) is 0 Å². The van der Waals surface area contributed by atoms with E-state index in [0.29, 0.717) is 5.78 Å². The molecular formula is C12H7ClFN5O. The summed E-state index contributed by atoms with van der Waals surface area (Å²) >= 11 is 5.81. The van der Waals surface area contributed by atoms with Gasteiger partial charge in [-0.25, -0.2) is 13.9 Å². The number of fused-ring (bicyclic) bond motifs is 1. The fourth-order valence-corrected chi connectivity index (χ4v) is 1.91. The summed E-state index contributed by atoms with van der Waals surface area (Å²) < 4.78 is 15.0. The summed E-state index contributed by atoms with van der Waals surface area (Å²) in [5, 5.41) is 6.38. The first-order chi connectivity index (χ1) is 9.65. The van der Waals surface area contributed by atoms with E-state index in [1.165, 1.54) is 16.6 Å². The van der Waals surface area contributed by atoms with E-state index >= 15 is 0 Å². The number of carbonyl (C=O) groups excluding carboxylic acids is 1. The fraction of sp³-hybridized carbons (Fsp3) is 0. The fourth-order valence-electron chi connectivity index (χ4n) is 1.66. The molecule has 3 aromatic rings. The summed E-state index contributed by atoms with van der Waals surface area (Å²) in [6.45, 7) is 0. The second-order valence-corrected chi connectivity index (χ2v) is 4.26. The molecule has 0 saturated carbocycles. The number of carbonyl (C=O) groups is 1. The highest BCUT2D eigenvalue weighted by molar-refractivity contribution is 6.34. The molecule has 0 fully saturated rings. The Morgan fingerprint density at radius 2 is 2.20 bits per heavy atom. The van der Waals surface area contributed by atoms with Crippen LogP contribution in [0.4, 0.5) is 10.3 Å². The third-order valence-corrected chi connectivity index (χ3v) is 2.85.